The highest BCUT2D eigenvalue weighted by Gasteiger charge is 2.24. The van der Waals surface area contributed by atoms with Crippen LogP contribution in [-0.2, 0) is 20.2 Å². The monoisotopic (exact) mass is 696 g/mol. The fraction of sp³-hybridized carbons (Fsp3) is 0.629. The van der Waals surface area contributed by atoms with Gasteiger partial charge in [-0.15, -0.1) is 5.10 Å². The average Bonchev–Trinajstić information content (AvgIpc) is 3.49. The lowest BCUT2D eigenvalue weighted by molar-refractivity contribution is 0.449. The van der Waals surface area contributed by atoms with Gasteiger partial charge in [-0.05, 0) is 48.9 Å². The van der Waals surface area contributed by atoms with Crippen molar-refractivity contribution in [2.75, 3.05) is 21.7 Å². The first-order valence-electron chi connectivity index (χ1n) is 17.2. The Morgan fingerprint density at radius 1 is 0.638 bits per heavy atom. The summed E-state index contributed by atoms with van der Waals surface area (Å²) in [6, 6.07) is 20.3. The summed E-state index contributed by atoms with van der Waals surface area (Å²) in [4.78, 5) is 0. The Morgan fingerprint density at radius 2 is 1.06 bits per heavy atom. The van der Waals surface area contributed by atoms with Gasteiger partial charge in [0.05, 0.1) is 22.9 Å². The van der Waals surface area contributed by atoms with Crippen molar-refractivity contribution in [1.82, 2.24) is 5.43 Å². The summed E-state index contributed by atoms with van der Waals surface area (Å²) in [6.45, 7) is 10.5. The van der Waals surface area contributed by atoms with E-state index in [9.17, 15) is 16.8 Å². The van der Waals surface area contributed by atoms with Crippen molar-refractivity contribution in [1.29, 1.82) is 0 Å². The Morgan fingerprint density at radius 3 is 1.45 bits per heavy atom. The third kappa shape index (κ3) is 21.0. The van der Waals surface area contributed by atoms with Gasteiger partial charge in [-0.3, -0.25) is 14.5 Å². The van der Waals surface area contributed by atoms with Gasteiger partial charge in [-0.1, -0.05) is 135 Å². The van der Waals surface area contributed by atoms with Crippen molar-refractivity contribution in [3.05, 3.63) is 60.7 Å². The molecule has 2 unspecified atom stereocenters. The normalized spacial score (nSPS) is 14.2. The Bertz CT molecular complexity index is 1280. The Hall–Kier alpha value is -2.67. The summed E-state index contributed by atoms with van der Waals surface area (Å²) in [5.74, 6) is 1.56. The standard InChI is InChI=1S/C15H16N4.2C10H22O3S/c1-2-15-16-18(13-9-5-3-6-10-13)19(17-15)14-11-7-4-8-12-14;2*1-3-4-5-6-7-10(2)8-9-14(11,12)13/h3-12H,2H2,1H3,(H,16,17);2*10H,3-9H2,1-2H3,(H,11,12,13). The summed E-state index contributed by atoms with van der Waals surface area (Å²) in [5.41, 5.74) is 5.40. The van der Waals surface area contributed by atoms with E-state index in [0.717, 1.165) is 36.5 Å². The molecule has 0 saturated carbocycles. The third-order valence-corrected chi connectivity index (χ3v) is 9.30. The van der Waals surface area contributed by atoms with E-state index in [1.807, 2.05) is 72.6 Å². The van der Waals surface area contributed by atoms with Gasteiger partial charge in [0, 0.05) is 6.42 Å². The minimum absolute atomic E-state index is 0.0953. The van der Waals surface area contributed by atoms with E-state index < -0.39 is 20.2 Å². The van der Waals surface area contributed by atoms with Gasteiger partial charge < -0.3 is 0 Å². The zero-order valence-electron chi connectivity index (χ0n) is 29.2. The molecule has 3 rings (SSSR count). The fourth-order valence-electron chi connectivity index (χ4n) is 4.81. The number of hydrogen-bond donors (Lipinski definition) is 3. The first kappa shape index (κ1) is 42.4. The average molecular weight is 697 g/mol. The van der Waals surface area contributed by atoms with Crippen LogP contribution in [0.4, 0.5) is 11.4 Å². The molecule has 0 aliphatic carbocycles. The molecule has 2 aromatic rings. The van der Waals surface area contributed by atoms with Crippen LogP contribution in [0, 0.1) is 11.8 Å². The molecule has 0 radical (unpaired) electrons. The maximum Gasteiger partial charge on any atom is 0.264 e. The highest BCUT2D eigenvalue weighted by atomic mass is 32.2. The second kappa shape index (κ2) is 23.6. The van der Waals surface area contributed by atoms with Crippen LogP contribution in [0.15, 0.2) is 65.8 Å². The lowest BCUT2D eigenvalue weighted by atomic mass is 10.0. The summed E-state index contributed by atoms with van der Waals surface area (Å²) in [5, 5.41) is 8.44. The lowest BCUT2D eigenvalue weighted by Crippen LogP contribution is -2.44. The minimum atomic E-state index is -3.75. The van der Waals surface area contributed by atoms with E-state index in [0.29, 0.717) is 24.7 Å². The number of para-hydroxylation sites is 2. The zero-order valence-corrected chi connectivity index (χ0v) is 30.9. The predicted octanol–water partition coefficient (Wildman–Crippen LogP) is 8.90. The maximum atomic E-state index is 10.5. The quantitative estimate of drug-likeness (QED) is 0.0970. The number of nitrogens with zero attached hydrogens (tertiary/aromatic N) is 3. The molecule has 3 N–H and O–H groups in total. The number of hydrazine groups is 2. The highest BCUT2D eigenvalue weighted by Crippen LogP contribution is 2.24. The largest absolute Gasteiger partial charge is 0.286 e. The fourth-order valence-corrected chi connectivity index (χ4v) is 6.21. The molecule has 2 atom stereocenters. The number of hydrazone groups is 1. The van der Waals surface area contributed by atoms with Crippen molar-refractivity contribution in [2.24, 2.45) is 16.9 Å². The summed E-state index contributed by atoms with van der Waals surface area (Å²) in [7, 11) is -7.51. The molecule has 47 heavy (non-hydrogen) atoms. The second-order valence-corrected chi connectivity index (χ2v) is 15.5. The van der Waals surface area contributed by atoms with Crippen LogP contribution in [0.5, 0.6) is 0 Å². The van der Waals surface area contributed by atoms with Crippen molar-refractivity contribution >= 4 is 37.4 Å². The molecule has 0 saturated heterocycles. The van der Waals surface area contributed by atoms with Crippen LogP contribution >= 0.6 is 0 Å². The maximum absolute atomic E-state index is 10.5. The summed E-state index contributed by atoms with van der Waals surface area (Å²) in [6.07, 6.45) is 13.9. The second-order valence-electron chi connectivity index (χ2n) is 12.3. The third-order valence-electron chi connectivity index (χ3n) is 7.80. The van der Waals surface area contributed by atoms with Gasteiger partial charge >= 0.3 is 0 Å². The van der Waals surface area contributed by atoms with Crippen LogP contribution in [-0.4, -0.2) is 43.3 Å². The van der Waals surface area contributed by atoms with Crippen LogP contribution in [0.1, 0.15) is 118 Å². The predicted molar refractivity (Wildman–Crippen MR) is 197 cm³/mol. The molecule has 0 amide bonds. The number of benzene rings is 2. The van der Waals surface area contributed by atoms with E-state index in [1.165, 1.54) is 51.4 Å². The SMILES string of the molecule is CCC1=NN(c2ccccc2)N(c2ccccc2)N1.CCCCCCC(C)CCS(=O)(=O)O.CCCCCCC(C)CCS(=O)(=O)O. The first-order valence-corrected chi connectivity index (χ1v) is 20.5. The molecule has 1 heterocycles. The van der Waals surface area contributed by atoms with Crippen LogP contribution in [0.2, 0.25) is 0 Å². The highest BCUT2D eigenvalue weighted by molar-refractivity contribution is 7.86. The van der Waals surface area contributed by atoms with Crippen LogP contribution in [0.25, 0.3) is 0 Å². The molecule has 0 bridgehead atoms. The van der Waals surface area contributed by atoms with Crippen molar-refractivity contribution < 1.29 is 25.9 Å². The van der Waals surface area contributed by atoms with E-state index in [-0.39, 0.29) is 11.5 Å². The molecular formula is C35H60N4O6S2. The van der Waals surface area contributed by atoms with Crippen LogP contribution in [0.3, 0.4) is 0 Å². The first-order chi connectivity index (χ1) is 22.3. The van der Waals surface area contributed by atoms with E-state index in [4.69, 9.17) is 9.11 Å². The molecule has 0 fully saturated rings. The van der Waals surface area contributed by atoms with Crippen molar-refractivity contribution in [3.8, 4) is 0 Å². The van der Waals surface area contributed by atoms with E-state index in [1.54, 1.807) is 0 Å². The molecular weight excluding hydrogens is 637 g/mol. The number of nitrogens with one attached hydrogen (secondary N) is 1. The Kier molecular flexibility index (Phi) is 21.3. The lowest BCUT2D eigenvalue weighted by Gasteiger charge is -2.27. The number of anilines is 2. The van der Waals surface area contributed by atoms with Crippen LogP contribution < -0.4 is 15.7 Å². The van der Waals surface area contributed by atoms with Gasteiger partial charge in [0.2, 0.25) is 0 Å². The smallest absolute Gasteiger partial charge is 0.264 e. The van der Waals surface area contributed by atoms with Gasteiger partial charge in [0.1, 0.15) is 5.84 Å². The molecule has 2 aromatic carbocycles. The van der Waals surface area contributed by atoms with Gasteiger partial charge in [-0.2, -0.15) is 27.1 Å². The van der Waals surface area contributed by atoms with E-state index >= 15 is 0 Å². The van der Waals surface area contributed by atoms with E-state index in [2.05, 4.69) is 43.4 Å². The molecule has 0 spiro atoms. The number of unbranched alkanes of at least 4 members (excludes halogenated alkanes) is 6. The number of hydrogen-bond acceptors (Lipinski definition) is 8. The van der Waals surface area contributed by atoms with Gasteiger partial charge in [0.25, 0.3) is 20.2 Å². The zero-order chi connectivity index (χ0) is 35.1. The Balaban J connectivity index is 0.000000361. The number of rotatable bonds is 19. The molecule has 0 aromatic heterocycles. The number of amidine groups is 1. The summed E-state index contributed by atoms with van der Waals surface area (Å²) < 4.78 is 59.0. The Labute approximate surface area is 285 Å². The van der Waals surface area contributed by atoms with Crippen molar-refractivity contribution in [3.63, 3.8) is 0 Å². The minimum Gasteiger partial charge on any atom is -0.286 e. The van der Waals surface area contributed by atoms with Gasteiger partial charge in [0.15, 0.2) is 0 Å². The molecule has 1 aliphatic heterocycles. The topological polar surface area (TPSA) is 140 Å². The molecule has 268 valence electrons. The molecule has 10 nitrogen and oxygen atoms in total. The molecule has 12 heteroatoms. The molecule has 1 aliphatic rings. The summed E-state index contributed by atoms with van der Waals surface area (Å²) >= 11 is 0. The van der Waals surface area contributed by atoms with Gasteiger partial charge in [-0.25, -0.2) is 0 Å². The van der Waals surface area contributed by atoms with Crippen molar-refractivity contribution in [2.45, 2.75) is 118 Å².